The highest BCUT2D eigenvalue weighted by Gasteiger charge is 2.51. The molecule has 2 aromatic rings. The number of pyridine rings is 2. The largest absolute Gasteiger partial charge is 0.294 e. The molecular formula is C19H14F2N2O2. The van der Waals surface area contributed by atoms with Crippen LogP contribution in [0.4, 0.5) is 8.78 Å². The third kappa shape index (κ3) is 2.67. The normalized spacial score (nSPS) is 26.8. The van der Waals surface area contributed by atoms with E-state index in [1.807, 2.05) is 12.2 Å². The molecule has 2 aliphatic carbocycles. The van der Waals surface area contributed by atoms with Crippen LogP contribution >= 0.6 is 0 Å². The molecular weight excluding hydrogens is 326 g/mol. The molecule has 2 aliphatic rings. The Morgan fingerprint density at radius 2 is 1.24 bits per heavy atom. The SMILES string of the molecule is O=C(c1ccc(F)nc1)C1C2C=CC(C2)C1C(=O)c1ccc(F)nc1. The van der Waals surface area contributed by atoms with Gasteiger partial charge in [0.2, 0.25) is 11.9 Å². The van der Waals surface area contributed by atoms with Gasteiger partial charge in [0.05, 0.1) is 0 Å². The van der Waals surface area contributed by atoms with Gasteiger partial charge in [0.25, 0.3) is 0 Å². The highest BCUT2D eigenvalue weighted by atomic mass is 19.1. The first kappa shape index (κ1) is 15.7. The van der Waals surface area contributed by atoms with Crippen molar-refractivity contribution in [1.29, 1.82) is 0 Å². The van der Waals surface area contributed by atoms with Gasteiger partial charge in [0, 0.05) is 35.4 Å². The van der Waals surface area contributed by atoms with E-state index in [4.69, 9.17) is 0 Å². The summed E-state index contributed by atoms with van der Waals surface area (Å²) in [6, 6.07) is 5.05. The van der Waals surface area contributed by atoms with E-state index in [0.29, 0.717) is 11.1 Å². The molecule has 4 unspecified atom stereocenters. The summed E-state index contributed by atoms with van der Waals surface area (Å²) in [6.07, 6.45) is 7.08. The second-order valence-electron chi connectivity index (χ2n) is 6.47. The molecule has 0 saturated heterocycles. The van der Waals surface area contributed by atoms with Crippen LogP contribution < -0.4 is 0 Å². The van der Waals surface area contributed by atoms with Crippen LogP contribution in [0.5, 0.6) is 0 Å². The first-order valence-electron chi connectivity index (χ1n) is 8.04. The van der Waals surface area contributed by atoms with Gasteiger partial charge in [-0.05, 0) is 42.5 Å². The van der Waals surface area contributed by atoms with Crippen molar-refractivity contribution in [2.24, 2.45) is 23.7 Å². The van der Waals surface area contributed by atoms with Crippen molar-refractivity contribution in [3.63, 3.8) is 0 Å². The quantitative estimate of drug-likeness (QED) is 0.487. The summed E-state index contributed by atoms with van der Waals surface area (Å²) in [5.41, 5.74) is 0.588. The molecule has 2 aromatic heterocycles. The Morgan fingerprint density at radius 1 is 0.800 bits per heavy atom. The number of Topliss-reactive ketones (excluding diaryl/α,β-unsaturated/α-hetero) is 2. The summed E-state index contributed by atoms with van der Waals surface area (Å²) in [5.74, 6) is -2.81. The van der Waals surface area contributed by atoms with Crippen molar-refractivity contribution in [2.45, 2.75) is 6.42 Å². The van der Waals surface area contributed by atoms with Gasteiger partial charge >= 0.3 is 0 Å². The minimum Gasteiger partial charge on any atom is -0.294 e. The molecule has 0 N–H and O–H groups in total. The van der Waals surface area contributed by atoms with Crippen molar-refractivity contribution in [2.75, 3.05) is 0 Å². The van der Waals surface area contributed by atoms with E-state index >= 15 is 0 Å². The molecule has 0 aromatic carbocycles. The Labute approximate surface area is 142 Å². The topological polar surface area (TPSA) is 59.9 Å². The molecule has 6 heteroatoms. The van der Waals surface area contributed by atoms with Crippen LogP contribution in [0.25, 0.3) is 0 Å². The average Bonchev–Trinajstić information content (AvgIpc) is 3.23. The van der Waals surface area contributed by atoms with Gasteiger partial charge in [0.1, 0.15) is 0 Å². The van der Waals surface area contributed by atoms with E-state index in [1.165, 1.54) is 24.5 Å². The molecule has 25 heavy (non-hydrogen) atoms. The zero-order chi connectivity index (χ0) is 17.6. The maximum Gasteiger partial charge on any atom is 0.212 e. The van der Waals surface area contributed by atoms with Crippen LogP contribution in [0, 0.1) is 35.6 Å². The van der Waals surface area contributed by atoms with E-state index in [-0.39, 0.29) is 23.4 Å². The second-order valence-corrected chi connectivity index (χ2v) is 6.47. The standard InChI is InChI=1S/C19H14F2N2O2/c20-14-5-3-12(8-22-14)18(24)16-10-1-2-11(7-10)17(16)19(25)13-4-6-15(21)23-9-13/h1-6,8-11,16-17H,7H2. The van der Waals surface area contributed by atoms with Crippen LogP contribution in [-0.2, 0) is 0 Å². The van der Waals surface area contributed by atoms with Gasteiger partial charge in [-0.3, -0.25) is 9.59 Å². The van der Waals surface area contributed by atoms with Crippen LogP contribution in [-0.4, -0.2) is 21.5 Å². The third-order valence-electron chi connectivity index (χ3n) is 5.09. The van der Waals surface area contributed by atoms with Gasteiger partial charge in [-0.2, -0.15) is 8.78 Å². The predicted molar refractivity (Wildman–Crippen MR) is 84.8 cm³/mol. The first-order valence-corrected chi connectivity index (χ1v) is 8.04. The summed E-state index contributed by atoms with van der Waals surface area (Å²) >= 11 is 0. The fourth-order valence-corrected chi connectivity index (χ4v) is 3.97. The molecule has 4 rings (SSSR count). The number of carbonyl (C=O) groups excluding carboxylic acids is 2. The first-order chi connectivity index (χ1) is 12.0. The number of rotatable bonds is 4. The lowest BCUT2D eigenvalue weighted by molar-refractivity contribution is 0.0752. The average molecular weight is 340 g/mol. The Hall–Kier alpha value is -2.76. The summed E-state index contributed by atoms with van der Waals surface area (Å²) in [4.78, 5) is 32.9. The van der Waals surface area contributed by atoms with Gasteiger partial charge in [-0.1, -0.05) is 12.2 Å². The van der Waals surface area contributed by atoms with E-state index in [1.54, 1.807) is 0 Å². The number of halogens is 2. The number of hydrogen-bond acceptors (Lipinski definition) is 4. The fourth-order valence-electron chi connectivity index (χ4n) is 3.97. The van der Waals surface area contributed by atoms with Crippen molar-refractivity contribution < 1.29 is 18.4 Å². The summed E-state index contributed by atoms with van der Waals surface area (Å²) in [7, 11) is 0. The third-order valence-corrected chi connectivity index (χ3v) is 5.09. The Kier molecular flexibility index (Phi) is 3.75. The van der Waals surface area contributed by atoms with Crippen molar-refractivity contribution in [3.05, 3.63) is 71.8 Å². The molecule has 0 spiro atoms. The molecule has 0 amide bonds. The maximum absolute atomic E-state index is 13.0. The number of fused-ring (bicyclic) bond motifs is 2. The minimum atomic E-state index is -0.658. The van der Waals surface area contributed by atoms with Gasteiger partial charge in [-0.25, -0.2) is 9.97 Å². The summed E-state index contributed by atoms with van der Waals surface area (Å²) < 4.78 is 26.0. The maximum atomic E-state index is 13.0. The number of carbonyl (C=O) groups is 2. The molecule has 1 fully saturated rings. The molecule has 0 radical (unpaired) electrons. The molecule has 126 valence electrons. The van der Waals surface area contributed by atoms with Crippen molar-refractivity contribution in [3.8, 4) is 0 Å². The predicted octanol–water partition coefficient (Wildman–Crippen LogP) is 3.26. The molecule has 1 saturated carbocycles. The monoisotopic (exact) mass is 340 g/mol. The van der Waals surface area contributed by atoms with E-state index in [2.05, 4.69) is 9.97 Å². The Bertz CT molecular complexity index is 790. The minimum absolute atomic E-state index is 0.0232. The van der Waals surface area contributed by atoms with Crippen LogP contribution in [0.2, 0.25) is 0 Å². The molecule has 4 nitrogen and oxygen atoms in total. The van der Waals surface area contributed by atoms with Crippen LogP contribution in [0.3, 0.4) is 0 Å². The molecule has 2 bridgehead atoms. The number of nitrogens with zero attached hydrogens (tertiary/aromatic N) is 2. The second kappa shape index (κ2) is 5.95. The van der Waals surface area contributed by atoms with E-state index in [0.717, 1.165) is 18.6 Å². The summed E-state index contributed by atoms with van der Waals surface area (Å²) in [6.45, 7) is 0. The van der Waals surface area contributed by atoms with Crippen molar-refractivity contribution >= 4 is 11.6 Å². The van der Waals surface area contributed by atoms with Crippen LogP contribution in [0.15, 0.2) is 48.8 Å². The highest BCUT2D eigenvalue weighted by Crippen LogP contribution is 2.50. The molecule has 2 heterocycles. The Morgan fingerprint density at radius 3 is 1.60 bits per heavy atom. The van der Waals surface area contributed by atoms with E-state index in [9.17, 15) is 18.4 Å². The number of aromatic nitrogens is 2. The summed E-state index contributed by atoms with van der Waals surface area (Å²) in [5, 5.41) is 0. The van der Waals surface area contributed by atoms with Crippen LogP contribution in [0.1, 0.15) is 27.1 Å². The lowest BCUT2D eigenvalue weighted by Crippen LogP contribution is -2.33. The molecule has 4 atom stereocenters. The van der Waals surface area contributed by atoms with Gasteiger partial charge in [-0.15, -0.1) is 0 Å². The lowest BCUT2D eigenvalue weighted by atomic mass is 9.75. The number of hydrogen-bond donors (Lipinski definition) is 0. The number of allylic oxidation sites excluding steroid dienone is 2. The molecule has 0 aliphatic heterocycles. The fraction of sp³-hybridized carbons (Fsp3) is 0.263. The smallest absolute Gasteiger partial charge is 0.212 e. The number of ketones is 2. The van der Waals surface area contributed by atoms with Crippen molar-refractivity contribution in [1.82, 2.24) is 9.97 Å². The Balaban J connectivity index is 1.67. The zero-order valence-corrected chi connectivity index (χ0v) is 13.1. The van der Waals surface area contributed by atoms with Gasteiger partial charge < -0.3 is 0 Å². The lowest BCUT2D eigenvalue weighted by Gasteiger charge is -2.26. The van der Waals surface area contributed by atoms with Gasteiger partial charge in [0.15, 0.2) is 11.6 Å². The van der Waals surface area contributed by atoms with E-state index < -0.39 is 23.7 Å². The zero-order valence-electron chi connectivity index (χ0n) is 13.1. The highest BCUT2D eigenvalue weighted by molar-refractivity contribution is 6.05.